The van der Waals surface area contributed by atoms with Gasteiger partial charge in [0, 0.05) is 10.2 Å². The first-order valence-electron chi connectivity index (χ1n) is 9.07. The third-order valence-corrected chi connectivity index (χ3v) is 6.14. The van der Waals surface area contributed by atoms with Crippen LogP contribution in [0, 0.1) is 18.3 Å². The van der Waals surface area contributed by atoms with Crippen molar-refractivity contribution in [2.75, 3.05) is 11.5 Å². The first kappa shape index (κ1) is 21.2. The lowest BCUT2D eigenvalue weighted by Gasteiger charge is -2.18. The summed E-state index contributed by atoms with van der Waals surface area (Å²) in [4.78, 5) is 27.1. The monoisotopic (exact) mass is 470 g/mol. The summed E-state index contributed by atoms with van der Waals surface area (Å²) in [5.41, 5.74) is 2.59. The molecule has 1 heterocycles. The number of aryl methyl sites for hydroxylation is 1. The fraction of sp³-hybridized carbons (Fsp3) is 0.227. The highest BCUT2D eigenvalue weighted by Crippen LogP contribution is 2.42. The summed E-state index contributed by atoms with van der Waals surface area (Å²) < 4.78 is 5.91. The van der Waals surface area contributed by atoms with Crippen LogP contribution in [0.15, 0.2) is 63.6 Å². The number of nitriles is 1. The van der Waals surface area contributed by atoms with Crippen molar-refractivity contribution in [1.82, 2.24) is 0 Å². The molecular formula is C22H19BrN2O3S. The molecule has 0 aromatic heterocycles. The maximum Gasteiger partial charge on any atom is 0.351 e. The van der Waals surface area contributed by atoms with Gasteiger partial charge in [0.1, 0.15) is 11.1 Å². The van der Waals surface area contributed by atoms with Crippen LogP contribution < -0.4 is 4.90 Å². The van der Waals surface area contributed by atoms with Crippen LogP contribution in [0.4, 0.5) is 5.69 Å². The molecule has 0 N–H and O–H groups in total. The molecule has 0 unspecified atom stereocenters. The zero-order valence-corrected chi connectivity index (χ0v) is 18.4. The molecule has 1 saturated heterocycles. The van der Waals surface area contributed by atoms with E-state index < -0.39 is 11.2 Å². The Hall–Kier alpha value is -2.56. The molecule has 0 bridgehead atoms. The second-order valence-corrected chi connectivity index (χ2v) is 8.57. The Morgan fingerprint density at radius 3 is 2.62 bits per heavy atom. The zero-order chi connectivity index (χ0) is 21.0. The van der Waals surface area contributed by atoms with Crippen molar-refractivity contribution < 1.29 is 14.3 Å². The fourth-order valence-corrected chi connectivity index (χ4v) is 4.62. The molecule has 29 heavy (non-hydrogen) atoms. The quantitative estimate of drug-likeness (QED) is 0.358. The summed E-state index contributed by atoms with van der Waals surface area (Å²) in [5.74, 6) is -0.880. The molecule has 2 aromatic carbocycles. The third-order valence-electron chi connectivity index (χ3n) is 4.35. The van der Waals surface area contributed by atoms with E-state index in [0.717, 1.165) is 15.6 Å². The van der Waals surface area contributed by atoms with Gasteiger partial charge >= 0.3 is 5.97 Å². The summed E-state index contributed by atoms with van der Waals surface area (Å²) >= 11 is 4.62. The Labute approximate surface area is 182 Å². The lowest BCUT2D eigenvalue weighted by Crippen LogP contribution is -2.30. The molecule has 148 valence electrons. The molecule has 1 amide bonds. The Morgan fingerprint density at radius 1 is 1.28 bits per heavy atom. The van der Waals surface area contributed by atoms with Crippen molar-refractivity contribution in [3.63, 3.8) is 0 Å². The van der Waals surface area contributed by atoms with Crippen molar-refractivity contribution >= 4 is 45.3 Å². The minimum absolute atomic E-state index is 0.153. The summed E-state index contributed by atoms with van der Waals surface area (Å²) in [5, 5.41) is 9.50. The number of ether oxygens (including phenoxy) is 1. The van der Waals surface area contributed by atoms with Crippen molar-refractivity contribution in [2.24, 2.45) is 0 Å². The number of benzene rings is 2. The van der Waals surface area contributed by atoms with Gasteiger partial charge in [0.05, 0.1) is 11.9 Å². The first-order valence-corrected chi connectivity index (χ1v) is 10.7. The Bertz CT molecular complexity index is 1010. The number of esters is 1. The maximum absolute atomic E-state index is 13.3. The van der Waals surface area contributed by atoms with Crippen LogP contribution in [-0.2, 0) is 20.7 Å². The van der Waals surface area contributed by atoms with Gasteiger partial charge in [-0.1, -0.05) is 57.5 Å². The molecule has 7 heteroatoms. The van der Waals surface area contributed by atoms with E-state index in [1.807, 2.05) is 49.4 Å². The van der Waals surface area contributed by atoms with E-state index in [4.69, 9.17) is 4.74 Å². The molecule has 1 atom stereocenters. The Kier molecular flexibility index (Phi) is 6.78. The number of carbonyl (C=O) groups is 2. The number of amides is 1. The largest absolute Gasteiger partial charge is 0.462 e. The third kappa shape index (κ3) is 4.72. The highest BCUT2D eigenvalue weighted by molar-refractivity contribution is 9.10. The van der Waals surface area contributed by atoms with Gasteiger partial charge in [-0.3, -0.25) is 9.69 Å². The van der Waals surface area contributed by atoms with E-state index in [1.54, 1.807) is 19.1 Å². The number of nitrogens with zero attached hydrogens (tertiary/aromatic N) is 2. The molecule has 2 aromatic rings. The summed E-state index contributed by atoms with van der Waals surface area (Å²) in [6, 6.07) is 17.1. The molecule has 1 aliphatic heterocycles. The van der Waals surface area contributed by atoms with Crippen LogP contribution >= 0.6 is 27.7 Å². The second kappa shape index (κ2) is 9.29. The summed E-state index contributed by atoms with van der Waals surface area (Å²) in [7, 11) is 0. The maximum atomic E-state index is 13.3. The highest BCUT2D eigenvalue weighted by Gasteiger charge is 2.41. The van der Waals surface area contributed by atoms with Crippen LogP contribution in [0.5, 0.6) is 0 Å². The number of hydrogen-bond acceptors (Lipinski definition) is 5. The van der Waals surface area contributed by atoms with E-state index in [9.17, 15) is 14.9 Å². The molecule has 0 aliphatic carbocycles. The predicted octanol–water partition coefficient (Wildman–Crippen LogP) is 4.75. The lowest BCUT2D eigenvalue weighted by molar-refractivity contribution is -0.138. The number of anilines is 1. The van der Waals surface area contributed by atoms with Gasteiger partial charge in [-0.15, -0.1) is 0 Å². The number of hydrogen-bond donors (Lipinski definition) is 0. The van der Waals surface area contributed by atoms with Gasteiger partial charge in [0.15, 0.2) is 5.57 Å². The lowest BCUT2D eigenvalue weighted by atomic mass is 10.1. The van der Waals surface area contributed by atoms with Gasteiger partial charge in [0.25, 0.3) is 0 Å². The number of carbonyl (C=O) groups excluding carboxylic acids is 2. The van der Waals surface area contributed by atoms with Gasteiger partial charge in [-0.05, 0) is 50.1 Å². The summed E-state index contributed by atoms with van der Waals surface area (Å²) in [6.07, 6.45) is 0.503. The Balaban J connectivity index is 2.03. The van der Waals surface area contributed by atoms with Crippen LogP contribution in [0.2, 0.25) is 0 Å². The van der Waals surface area contributed by atoms with Crippen molar-refractivity contribution in [3.05, 3.63) is 74.7 Å². The Morgan fingerprint density at radius 2 is 2.00 bits per heavy atom. The van der Waals surface area contributed by atoms with Crippen molar-refractivity contribution in [1.29, 1.82) is 5.26 Å². The van der Waals surface area contributed by atoms with Gasteiger partial charge in [-0.2, -0.15) is 5.26 Å². The average molecular weight is 471 g/mol. The second-order valence-electron chi connectivity index (χ2n) is 6.46. The number of thioether (sulfide) groups is 1. The first-order chi connectivity index (χ1) is 13.9. The van der Waals surface area contributed by atoms with Crippen LogP contribution in [0.25, 0.3) is 0 Å². The van der Waals surface area contributed by atoms with Gasteiger partial charge in [0.2, 0.25) is 5.91 Å². The smallest absolute Gasteiger partial charge is 0.351 e. The standard InChI is InChI=1S/C22H19BrN2O3S/c1-3-28-22(27)18(13-24)21-25(17-9-7-16(23)8-10-17)20(26)19(29-21)12-15-6-4-5-14(2)11-15/h4-11,19H,3,12H2,1-2H3/b21-18-/t19-/m0/s1. The van der Waals surface area contributed by atoms with E-state index >= 15 is 0 Å². The van der Waals surface area contributed by atoms with Crippen molar-refractivity contribution in [3.8, 4) is 6.07 Å². The number of rotatable bonds is 5. The van der Waals surface area contributed by atoms with E-state index in [0.29, 0.717) is 17.1 Å². The predicted molar refractivity (Wildman–Crippen MR) is 117 cm³/mol. The SMILES string of the molecule is CCOC(=O)/C(C#N)=C1\S[C@@H](Cc2cccc(C)c2)C(=O)N1c1ccc(Br)cc1. The fourth-order valence-electron chi connectivity index (χ4n) is 3.05. The zero-order valence-electron chi connectivity index (χ0n) is 16.0. The van der Waals surface area contributed by atoms with Crippen LogP contribution in [-0.4, -0.2) is 23.7 Å². The normalized spacial score (nSPS) is 17.8. The minimum atomic E-state index is -0.719. The van der Waals surface area contributed by atoms with E-state index in [2.05, 4.69) is 15.9 Å². The van der Waals surface area contributed by atoms with E-state index in [1.165, 1.54) is 16.7 Å². The van der Waals surface area contributed by atoms with Gasteiger partial charge < -0.3 is 4.74 Å². The molecule has 0 saturated carbocycles. The highest BCUT2D eigenvalue weighted by atomic mass is 79.9. The van der Waals surface area contributed by atoms with Crippen molar-refractivity contribution in [2.45, 2.75) is 25.5 Å². The topological polar surface area (TPSA) is 70.4 Å². The molecule has 5 nitrogen and oxygen atoms in total. The molecule has 3 rings (SSSR count). The molecule has 1 fully saturated rings. The average Bonchev–Trinajstić information content (AvgIpc) is 2.99. The molecule has 0 radical (unpaired) electrons. The molecular weight excluding hydrogens is 452 g/mol. The molecule has 1 aliphatic rings. The number of halogens is 1. The summed E-state index contributed by atoms with van der Waals surface area (Å²) in [6.45, 7) is 3.83. The van der Waals surface area contributed by atoms with Gasteiger partial charge in [-0.25, -0.2) is 4.79 Å². The van der Waals surface area contributed by atoms with Crippen LogP contribution in [0.1, 0.15) is 18.1 Å². The van der Waals surface area contributed by atoms with E-state index in [-0.39, 0.29) is 18.1 Å². The van der Waals surface area contributed by atoms with Crippen LogP contribution in [0.3, 0.4) is 0 Å². The minimum Gasteiger partial charge on any atom is -0.462 e. The molecule has 0 spiro atoms.